The first kappa shape index (κ1) is 18.4. The number of methoxy groups -OCH3 is 3. The zero-order valence-corrected chi connectivity index (χ0v) is 15.9. The van der Waals surface area contributed by atoms with Gasteiger partial charge in [0.15, 0.2) is 11.5 Å². The van der Waals surface area contributed by atoms with Crippen LogP contribution in [0.2, 0.25) is 0 Å². The van der Waals surface area contributed by atoms with Crippen molar-refractivity contribution in [2.45, 2.75) is 31.3 Å². The summed E-state index contributed by atoms with van der Waals surface area (Å²) in [7, 11) is 4.53. The monoisotopic (exact) mass is 386 g/mol. The molecule has 0 fully saturated rings. The zero-order chi connectivity index (χ0) is 20.0. The van der Waals surface area contributed by atoms with E-state index in [0.29, 0.717) is 18.0 Å². The molecule has 8 nitrogen and oxygen atoms in total. The average molecular weight is 386 g/mol. The fourth-order valence-corrected chi connectivity index (χ4v) is 4.57. The number of nitro groups is 1. The van der Waals surface area contributed by atoms with Crippen LogP contribution < -0.4 is 19.5 Å². The number of phenolic OH excluding ortho intramolecular Hbond substituents is 1. The van der Waals surface area contributed by atoms with Crippen LogP contribution in [0.1, 0.15) is 34.6 Å². The third kappa shape index (κ3) is 2.56. The molecule has 0 aromatic heterocycles. The van der Waals surface area contributed by atoms with Gasteiger partial charge in [-0.05, 0) is 24.0 Å². The van der Waals surface area contributed by atoms with E-state index in [0.717, 1.165) is 35.1 Å². The summed E-state index contributed by atoms with van der Waals surface area (Å²) >= 11 is 0. The first-order chi connectivity index (χ1) is 13.5. The number of aryl methyl sites for hydroxylation is 1. The van der Waals surface area contributed by atoms with Gasteiger partial charge in [0, 0.05) is 41.8 Å². The van der Waals surface area contributed by atoms with Gasteiger partial charge in [0.05, 0.1) is 26.3 Å². The molecular formula is C20H22N2O6. The summed E-state index contributed by atoms with van der Waals surface area (Å²) in [6, 6.07) is 5.05. The van der Waals surface area contributed by atoms with Crippen LogP contribution in [-0.4, -0.2) is 37.4 Å². The first-order valence-corrected chi connectivity index (χ1v) is 9.06. The third-order valence-corrected chi connectivity index (χ3v) is 5.75. The second kappa shape index (κ2) is 6.87. The Bertz CT molecular complexity index is 958. The Morgan fingerprint density at radius 2 is 1.86 bits per heavy atom. The lowest BCUT2D eigenvalue weighted by molar-refractivity contribution is -0.384. The molecule has 2 aromatic carbocycles. The molecule has 0 amide bonds. The van der Waals surface area contributed by atoms with Gasteiger partial charge in [-0.3, -0.25) is 10.1 Å². The van der Waals surface area contributed by atoms with Gasteiger partial charge in [-0.1, -0.05) is 6.07 Å². The number of nitrogens with one attached hydrogen (secondary N) is 1. The van der Waals surface area contributed by atoms with E-state index in [-0.39, 0.29) is 34.1 Å². The number of ether oxygens (including phenoxy) is 3. The van der Waals surface area contributed by atoms with Gasteiger partial charge in [0.25, 0.3) is 5.69 Å². The van der Waals surface area contributed by atoms with Gasteiger partial charge in [0.2, 0.25) is 11.5 Å². The largest absolute Gasteiger partial charge is 0.504 e. The average Bonchev–Trinajstić information content (AvgIpc) is 2.72. The number of non-ortho nitro benzene ring substituents is 1. The first-order valence-electron chi connectivity index (χ1n) is 9.06. The second-order valence-corrected chi connectivity index (χ2v) is 6.98. The Balaban J connectivity index is 1.97. The van der Waals surface area contributed by atoms with Gasteiger partial charge in [-0.25, -0.2) is 0 Å². The highest BCUT2D eigenvalue weighted by atomic mass is 16.6. The predicted octanol–water partition coefficient (Wildman–Crippen LogP) is 2.88. The number of nitro benzene ring substituents is 1. The van der Waals surface area contributed by atoms with E-state index in [1.807, 2.05) is 0 Å². The smallest absolute Gasteiger partial charge is 0.269 e. The molecule has 0 saturated heterocycles. The normalized spacial score (nSPS) is 19.8. The van der Waals surface area contributed by atoms with Crippen molar-refractivity contribution >= 4 is 5.69 Å². The molecule has 2 atom stereocenters. The molecular weight excluding hydrogens is 364 g/mol. The van der Waals surface area contributed by atoms with Crippen molar-refractivity contribution in [2.75, 3.05) is 21.3 Å². The Hall–Kier alpha value is -3.00. The lowest BCUT2D eigenvalue weighted by Crippen LogP contribution is -2.43. The van der Waals surface area contributed by atoms with E-state index >= 15 is 0 Å². The van der Waals surface area contributed by atoms with Crippen molar-refractivity contribution in [2.24, 2.45) is 0 Å². The van der Waals surface area contributed by atoms with E-state index in [2.05, 4.69) is 5.32 Å². The Morgan fingerprint density at radius 3 is 2.50 bits per heavy atom. The van der Waals surface area contributed by atoms with E-state index in [9.17, 15) is 15.2 Å². The van der Waals surface area contributed by atoms with Crippen LogP contribution in [0, 0.1) is 10.1 Å². The molecule has 2 aromatic rings. The summed E-state index contributed by atoms with van der Waals surface area (Å²) in [5.41, 5.74) is 3.52. The summed E-state index contributed by atoms with van der Waals surface area (Å²) in [6.45, 7) is 0.524. The SMILES string of the molecule is COc1c(O)c2c(c(OC)c1OC)CN[C@@H]1CCc3cc([N+](=O)[O-])ccc3[C@@H]21. The van der Waals surface area contributed by atoms with E-state index in [1.165, 1.54) is 20.3 Å². The molecule has 0 bridgehead atoms. The number of nitrogens with zero attached hydrogens (tertiary/aromatic N) is 1. The molecule has 28 heavy (non-hydrogen) atoms. The minimum absolute atomic E-state index is 0.0258. The number of aromatic hydroxyl groups is 1. The predicted molar refractivity (Wildman–Crippen MR) is 102 cm³/mol. The minimum atomic E-state index is -0.381. The number of hydrogen-bond acceptors (Lipinski definition) is 7. The van der Waals surface area contributed by atoms with Crippen molar-refractivity contribution in [3.8, 4) is 23.0 Å². The topological polar surface area (TPSA) is 103 Å². The molecule has 1 aliphatic carbocycles. The number of fused-ring (bicyclic) bond motifs is 5. The Morgan fingerprint density at radius 1 is 1.14 bits per heavy atom. The van der Waals surface area contributed by atoms with Crippen LogP contribution >= 0.6 is 0 Å². The number of benzene rings is 2. The van der Waals surface area contributed by atoms with Crippen LogP contribution in [0.3, 0.4) is 0 Å². The maximum absolute atomic E-state index is 11.2. The van der Waals surface area contributed by atoms with Crippen molar-refractivity contribution in [3.05, 3.63) is 50.6 Å². The maximum atomic E-state index is 11.2. The van der Waals surface area contributed by atoms with E-state index < -0.39 is 0 Å². The van der Waals surface area contributed by atoms with Crippen molar-refractivity contribution < 1.29 is 24.2 Å². The fourth-order valence-electron chi connectivity index (χ4n) is 4.57. The van der Waals surface area contributed by atoms with Crippen LogP contribution in [-0.2, 0) is 13.0 Å². The third-order valence-electron chi connectivity index (χ3n) is 5.75. The van der Waals surface area contributed by atoms with Gasteiger partial charge in [-0.2, -0.15) is 0 Å². The molecule has 2 aliphatic rings. The van der Waals surface area contributed by atoms with Gasteiger partial charge < -0.3 is 24.6 Å². The quantitative estimate of drug-likeness (QED) is 0.615. The lowest BCUT2D eigenvalue weighted by Gasteiger charge is -2.40. The summed E-state index contributed by atoms with van der Waals surface area (Å²) in [4.78, 5) is 10.8. The highest BCUT2D eigenvalue weighted by Gasteiger charge is 2.41. The summed E-state index contributed by atoms with van der Waals surface area (Å²) in [5.74, 6) is 0.959. The second-order valence-electron chi connectivity index (χ2n) is 6.98. The molecule has 148 valence electrons. The molecule has 1 aliphatic heterocycles. The number of hydrogen-bond donors (Lipinski definition) is 2. The van der Waals surface area contributed by atoms with Crippen molar-refractivity contribution in [1.29, 1.82) is 0 Å². The van der Waals surface area contributed by atoms with Gasteiger partial charge in [-0.15, -0.1) is 0 Å². The van der Waals surface area contributed by atoms with E-state index in [4.69, 9.17) is 14.2 Å². The fraction of sp³-hybridized carbons (Fsp3) is 0.400. The zero-order valence-electron chi connectivity index (χ0n) is 15.9. The summed E-state index contributed by atoms with van der Waals surface area (Å²) in [6.07, 6.45) is 1.56. The van der Waals surface area contributed by atoms with E-state index in [1.54, 1.807) is 19.2 Å². The Labute approximate surface area is 162 Å². The minimum Gasteiger partial charge on any atom is -0.504 e. The highest BCUT2D eigenvalue weighted by molar-refractivity contribution is 5.70. The molecule has 0 spiro atoms. The van der Waals surface area contributed by atoms with Crippen LogP contribution in [0.25, 0.3) is 0 Å². The van der Waals surface area contributed by atoms with Crippen molar-refractivity contribution in [3.63, 3.8) is 0 Å². The molecule has 1 heterocycles. The molecule has 2 N–H and O–H groups in total. The molecule has 4 rings (SSSR count). The lowest BCUT2D eigenvalue weighted by atomic mass is 9.71. The van der Waals surface area contributed by atoms with Crippen LogP contribution in [0.5, 0.6) is 23.0 Å². The standard InChI is InChI=1S/C20H22N2O6/c1-26-18-13-9-21-14-7-4-10-8-11(22(24)25)5-6-12(10)15(14)16(13)17(23)19(27-2)20(18)28-3/h5-6,8,14-15,21,23H,4,7,9H2,1-3H3/t14-,15-/m1/s1. The highest BCUT2D eigenvalue weighted by Crippen LogP contribution is 2.55. The number of rotatable bonds is 4. The van der Waals surface area contributed by atoms with Gasteiger partial charge >= 0.3 is 0 Å². The van der Waals surface area contributed by atoms with Crippen molar-refractivity contribution in [1.82, 2.24) is 5.32 Å². The maximum Gasteiger partial charge on any atom is 0.269 e. The number of phenols is 1. The molecule has 0 saturated carbocycles. The van der Waals surface area contributed by atoms with Crippen LogP contribution in [0.15, 0.2) is 18.2 Å². The van der Waals surface area contributed by atoms with Gasteiger partial charge in [0.1, 0.15) is 0 Å². The molecule has 8 heteroatoms. The van der Waals surface area contributed by atoms with Crippen LogP contribution in [0.4, 0.5) is 5.69 Å². The molecule has 0 unspecified atom stereocenters. The summed E-state index contributed by atoms with van der Waals surface area (Å²) in [5, 5.41) is 25.8. The summed E-state index contributed by atoms with van der Waals surface area (Å²) < 4.78 is 16.5. The Kier molecular flexibility index (Phi) is 4.50. The molecule has 0 radical (unpaired) electrons.